The number of aromatic nitrogens is 3. The Bertz CT molecular complexity index is 1290. The number of methoxy groups -OCH3 is 2. The van der Waals surface area contributed by atoms with Crippen LogP contribution in [0.4, 0.5) is 17.2 Å². The van der Waals surface area contributed by atoms with Gasteiger partial charge in [-0.25, -0.2) is 4.98 Å². The highest BCUT2D eigenvalue weighted by molar-refractivity contribution is 6.60. The molecule has 1 saturated carbocycles. The Kier molecular flexibility index (Phi) is 7.87. The SMILES string of the molecule is BC(B)(B)NC(=O)c1cnc(NC(=O)CC2CC2)cc1Nc1cccc(-c2noc(COC)n2)c1OC. The molecule has 3 aromatic rings. The third kappa shape index (κ3) is 6.91. The molecule has 0 atom stereocenters. The molecule has 11 nitrogen and oxygen atoms in total. The van der Waals surface area contributed by atoms with Crippen molar-refractivity contribution in [1.29, 1.82) is 0 Å². The van der Waals surface area contributed by atoms with Crippen LogP contribution in [0, 0.1) is 5.92 Å². The lowest BCUT2D eigenvalue weighted by molar-refractivity contribution is -0.116. The van der Waals surface area contributed by atoms with Gasteiger partial charge in [0.15, 0.2) is 5.75 Å². The van der Waals surface area contributed by atoms with Crippen LogP contribution in [0.5, 0.6) is 5.75 Å². The highest BCUT2D eigenvalue weighted by Crippen LogP contribution is 2.38. The average molecular weight is 502 g/mol. The minimum Gasteiger partial charge on any atom is -0.494 e. The van der Waals surface area contributed by atoms with Crippen molar-refractivity contribution >= 4 is 52.5 Å². The summed E-state index contributed by atoms with van der Waals surface area (Å²) in [6.45, 7) is 0.186. The van der Waals surface area contributed by atoms with Gasteiger partial charge in [-0.2, -0.15) is 4.98 Å². The second kappa shape index (κ2) is 11.1. The molecule has 0 bridgehead atoms. The molecule has 2 aromatic heterocycles. The van der Waals surface area contributed by atoms with E-state index in [-0.39, 0.29) is 18.4 Å². The summed E-state index contributed by atoms with van der Waals surface area (Å²) in [5.41, 5.74) is 1.90. The third-order valence-electron chi connectivity index (χ3n) is 5.54. The van der Waals surface area contributed by atoms with E-state index in [1.54, 1.807) is 31.4 Å². The van der Waals surface area contributed by atoms with E-state index in [2.05, 4.69) is 31.1 Å². The smallest absolute Gasteiger partial charge is 0.253 e. The van der Waals surface area contributed by atoms with Crippen LogP contribution in [-0.2, 0) is 16.1 Å². The first-order valence-corrected chi connectivity index (χ1v) is 12.0. The number of nitrogens with zero attached hydrogens (tertiary/aromatic N) is 3. The van der Waals surface area contributed by atoms with Gasteiger partial charge in [0.05, 0.1) is 29.6 Å². The molecule has 0 radical (unpaired) electrons. The number of anilines is 3. The zero-order chi connectivity index (χ0) is 26.6. The maximum absolute atomic E-state index is 13.1. The van der Waals surface area contributed by atoms with Gasteiger partial charge >= 0.3 is 0 Å². The van der Waals surface area contributed by atoms with Gasteiger partial charge in [-0.1, -0.05) is 11.2 Å². The van der Waals surface area contributed by atoms with E-state index in [0.717, 1.165) is 12.8 Å². The number of carbonyl (C=O) groups is 2. The maximum Gasteiger partial charge on any atom is 0.253 e. The van der Waals surface area contributed by atoms with Gasteiger partial charge in [-0.3, -0.25) is 9.59 Å². The van der Waals surface area contributed by atoms with Crippen LogP contribution in [0.2, 0.25) is 0 Å². The van der Waals surface area contributed by atoms with Crippen LogP contribution in [0.25, 0.3) is 11.4 Å². The maximum atomic E-state index is 13.1. The first-order chi connectivity index (χ1) is 17.7. The van der Waals surface area contributed by atoms with Crippen molar-refractivity contribution in [3.05, 3.63) is 41.9 Å². The Balaban J connectivity index is 1.68. The van der Waals surface area contributed by atoms with Crippen molar-refractivity contribution in [2.45, 2.75) is 31.1 Å². The number of amides is 2. The Morgan fingerprint density at radius 1 is 1.19 bits per heavy atom. The second-order valence-electron chi connectivity index (χ2n) is 9.97. The van der Waals surface area contributed by atoms with E-state index in [0.29, 0.717) is 58.1 Å². The molecule has 3 N–H and O–H groups in total. The summed E-state index contributed by atoms with van der Waals surface area (Å²) in [7, 11) is 8.76. The molecule has 0 aliphatic heterocycles. The number of hydrogen-bond donors (Lipinski definition) is 3. The Hall–Kier alpha value is -3.80. The van der Waals surface area contributed by atoms with Crippen LogP contribution in [0.15, 0.2) is 35.0 Å². The van der Waals surface area contributed by atoms with Crippen molar-refractivity contribution in [1.82, 2.24) is 20.4 Å². The second-order valence-corrected chi connectivity index (χ2v) is 9.97. The molecule has 2 heterocycles. The summed E-state index contributed by atoms with van der Waals surface area (Å²) in [5, 5.41) is 12.6. The number of para-hydroxylation sites is 1. The summed E-state index contributed by atoms with van der Waals surface area (Å²) in [4.78, 5) is 34.2. The van der Waals surface area contributed by atoms with E-state index in [1.165, 1.54) is 13.3 Å². The van der Waals surface area contributed by atoms with Crippen LogP contribution >= 0.6 is 0 Å². The fourth-order valence-electron chi connectivity index (χ4n) is 3.72. The molecule has 0 spiro atoms. The minimum atomic E-state index is -0.457. The quantitative estimate of drug-likeness (QED) is 0.310. The fraction of sp³-hybridized carbons (Fsp3) is 0.348. The van der Waals surface area contributed by atoms with Gasteiger partial charge in [0.1, 0.15) is 36.0 Å². The predicted octanol–water partition coefficient (Wildman–Crippen LogP) is 0.00920. The minimum absolute atomic E-state index is 0.101. The van der Waals surface area contributed by atoms with Gasteiger partial charge in [0.25, 0.3) is 11.8 Å². The van der Waals surface area contributed by atoms with Crippen molar-refractivity contribution in [2.75, 3.05) is 24.9 Å². The van der Waals surface area contributed by atoms with E-state index in [1.807, 2.05) is 23.5 Å². The lowest BCUT2D eigenvalue weighted by Gasteiger charge is -2.22. The van der Waals surface area contributed by atoms with E-state index in [4.69, 9.17) is 14.0 Å². The molecule has 4 rings (SSSR count). The van der Waals surface area contributed by atoms with Crippen molar-refractivity contribution in [3.8, 4) is 17.1 Å². The summed E-state index contributed by atoms with van der Waals surface area (Å²) in [5.74, 6) is 1.49. The van der Waals surface area contributed by atoms with Crippen molar-refractivity contribution in [2.24, 2.45) is 5.92 Å². The first-order valence-electron chi connectivity index (χ1n) is 12.0. The summed E-state index contributed by atoms with van der Waals surface area (Å²) in [6, 6.07) is 7.05. The summed E-state index contributed by atoms with van der Waals surface area (Å²) >= 11 is 0. The molecular weight excluding hydrogens is 473 g/mol. The number of carbonyl (C=O) groups excluding carboxylic acids is 2. The Morgan fingerprint density at radius 3 is 2.65 bits per heavy atom. The molecule has 14 heteroatoms. The molecular formula is C23H29B3N6O5. The van der Waals surface area contributed by atoms with Crippen LogP contribution < -0.4 is 20.7 Å². The molecule has 37 heavy (non-hydrogen) atoms. The van der Waals surface area contributed by atoms with Crippen LogP contribution in [0.3, 0.4) is 0 Å². The van der Waals surface area contributed by atoms with Crippen molar-refractivity contribution < 1.29 is 23.6 Å². The van der Waals surface area contributed by atoms with Gasteiger partial charge in [-0.15, -0.1) is 0 Å². The topological polar surface area (TPSA) is 140 Å². The van der Waals surface area contributed by atoms with Crippen LogP contribution in [-0.4, -0.2) is 69.9 Å². The number of ether oxygens (including phenoxy) is 2. The standard InChI is InChI=1S/C23H29B3N6O5/c1-35-11-19-30-21(32-37-19)13-4-3-5-15(20(13)36-2)28-16-9-17(29-18(33)8-12-6-7-12)27-10-14(16)22(34)31-23(24,25)26/h3-5,9-10,12H,6-8,11,24-26H2,1-2H3,(H,31,34)(H2,27,28,29,33). The largest absolute Gasteiger partial charge is 0.494 e. The summed E-state index contributed by atoms with van der Waals surface area (Å²) in [6.07, 6.45) is 4.05. The van der Waals surface area contributed by atoms with Gasteiger partial charge in [0.2, 0.25) is 11.7 Å². The molecule has 0 saturated heterocycles. The lowest BCUT2D eigenvalue weighted by Crippen LogP contribution is -2.50. The predicted molar refractivity (Wildman–Crippen MR) is 146 cm³/mol. The molecule has 2 amide bonds. The number of rotatable bonds is 11. The number of pyridine rings is 1. The van der Waals surface area contributed by atoms with Crippen LogP contribution in [0.1, 0.15) is 35.5 Å². The normalized spacial score (nSPS) is 13.1. The zero-order valence-electron chi connectivity index (χ0n) is 21.7. The van der Waals surface area contributed by atoms with Gasteiger partial charge in [-0.05, 0) is 36.1 Å². The fourth-order valence-corrected chi connectivity index (χ4v) is 3.72. The highest BCUT2D eigenvalue weighted by atomic mass is 16.5. The van der Waals surface area contributed by atoms with E-state index < -0.39 is 5.24 Å². The Morgan fingerprint density at radius 2 is 1.97 bits per heavy atom. The van der Waals surface area contributed by atoms with Gasteiger partial charge in [0, 0.05) is 25.8 Å². The molecule has 1 fully saturated rings. The molecule has 190 valence electrons. The zero-order valence-corrected chi connectivity index (χ0v) is 21.7. The number of nitrogens with one attached hydrogen (secondary N) is 3. The monoisotopic (exact) mass is 502 g/mol. The first kappa shape index (κ1) is 26.3. The van der Waals surface area contributed by atoms with E-state index in [9.17, 15) is 9.59 Å². The van der Waals surface area contributed by atoms with Crippen molar-refractivity contribution in [3.63, 3.8) is 0 Å². The number of benzene rings is 1. The molecule has 1 aliphatic rings. The highest BCUT2D eigenvalue weighted by Gasteiger charge is 2.25. The third-order valence-corrected chi connectivity index (χ3v) is 5.54. The Labute approximate surface area is 217 Å². The molecule has 1 aliphatic carbocycles. The molecule has 0 unspecified atom stereocenters. The molecule has 1 aromatic carbocycles. The van der Waals surface area contributed by atoms with E-state index >= 15 is 0 Å². The number of hydrogen-bond acceptors (Lipinski definition) is 9. The summed E-state index contributed by atoms with van der Waals surface area (Å²) < 4.78 is 16.0. The van der Waals surface area contributed by atoms with Gasteiger partial charge < -0.3 is 29.9 Å². The lowest BCUT2D eigenvalue weighted by atomic mass is 9.49. The average Bonchev–Trinajstić information content (AvgIpc) is 3.52.